The van der Waals surface area contributed by atoms with Gasteiger partial charge in [-0.2, -0.15) is 13.2 Å². The molecular formula is C21H25F3N4O2. The second kappa shape index (κ2) is 8.39. The predicted molar refractivity (Wildman–Crippen MR) is 104 cm³/mol. The average Bonchev–Trinajstić information content (AvgIpc) is 3.15. The second-order valence-corrected chi connectivity index (χ2v) is 8.09. The third kappa shape index (κ3) is 4.67. The van der Waals surface area contributed by atoms with Gasteiger partial charge in [0, 0.05) is 45.3 Å². The molecule has 2 N–H and O–H groups in total. The van der Waals surface area contributed by atoms with Crippen LogP contribution >= 0.6 is 0 Å². The molecule has 1 aromatic heterocycles. The first kappa shape index (κ1) is 20.9. The highest BCUT2D eigenvalue weighted by molar-refractivity contribution is 5.92. The largest absolute Gasteiger partial charge is 0.393 e. The molecule has 9 heteroatoms. The van der Waals surface area contributed by atoms with Crippen molar-refractivity contribution in [3.8, 4) is 0 Å². The molecule has 30 heavy (non-hydrogen) atoms. The number of aliphatic hydroxyl groups is 1. The van der Waals surface area contributed by atoms with Crippen LogP contribution < -0.4 is 5.32 Å². The number of rotatable bonds is 5. The molecule has 2 atom stereocenters. The first-order chi connectivity index (χ1) is 14.3. The highest BCUT2D eigenvalue weighted by Gasteiger charge is 2.41. The molecule has 0 aliphatic carbocycles. The number of hydrogen-bond donors (Lipinski definition) is 2. The number of aliphatic hydroxyl groups excluding tert-OH is 1. The van der Waals surface area contributed by atoms with Crippen LogP contribution in [0.25, 0.3) is 0 Å². The third-order valence-electron chi connectivity index (χ3n) is 5.87. The van der Waals surface area contributed by atoms with Crippen LogP contribution in [-0.4, -0.2) is 57.4 Å². The number of benzene rings is 1. The maximum Gasteiger partial charge on any atom is 0.393 e. The van der Waals surface area contributed by atoms with E-state index >= 15 is 0 Å². The molecule has 3 heterocycles. The number of amides is 1. The minimum absolute atomic E-state index is 0.0146. The summed E-state index contributed by atoms with van der Waals surface area (Å²) in [5.74, 6) is -1.40. The van der Waals surface area contributed by atoms with Gasteiger partial charge >= 0.3 is 6.18 Å². The second-order valence-electron chi connectivity index (χ2n) is 8.09. The van der Waals surface area contributed by atoms with Crippen molar-refractivity contribution in [2.24, 2.45) is 5.92 Å². The van der Waals surface area contributed by atoms with E-state index in [0.717, 1.165) is 19.5 Å². The normalized spacial score (nSPS) is 20.3. The van der Waals surface area contributed by atoms with Gasteiger partial charge in [0.25, 0.3) is 5.91 Å². The van der Waals surface area contributed by atoms with Gasteiger partial charge in [0.1, 0.15) is 11.5 Å². The molecule has 0 unspecified atom stereocenters. The summed E-state index contributed by atoms with van der Waals surface area (Å²) >= 11 is 0. The smallest absolute Gasteiger partial charge is 0.390 e. The summed E-state index contributed by atoms with van der Waals surface area (Å²) in [6, 6.07) is 8.22. The first-order valence-corrected chi connectivity index (χ1v) is 10.2. The van der Waals surface area contributed by atoms with Crippen LogP contribution in [0, 0.1) is 5.92 Å². The number of carbonyl (C=O) groups is 1. The van der Waals surface area contributed by atoms with Crippen molar-refractivity contribution in [1.29, 1.82) is 0 Å². The highest BCUT2D eigenvalue weighted by atomic mass is 19.4. The lowest BCUT2D eigenvalue weighted by molar-refractivity contribution is -0.182. The summed E-state index contributed by atoms with van der Waals surface area (Å²) in [7, 11) is 0. The van der Waals surface area contributed by atoms with Crippen LogP contribution in [0.5, 0.6) is 0 Å². The number of imidazole rings is 1. The number of alkyl halides is 3. The standard InChI is InChI=1S/C21H25F3N4O2/c22-21(23,24)16-5-6-19-26-18(13-28(19)11-16)20(30)25-9-17(29)12-27-8-7-14-3-1-2-4-15(14)10-27/h1-4,13,16-17,29H,5-12H2,(H,25,30)/t16-,17-/m0/s1. The number of fused-ring (bicyclic) bond motifs is 2. The SMILES string of the molecule is O=C(NC[C@H](O)CN1CCc2ccccc2C1)c1cn2c(n1)CC[C@H](C(F)(F)F)C2. The van der Waals surface area contributed by atoms with E-state index in [2.05, 4.69) is 27.3 Å². The van der Waals surface area contributed by atoms with Gasteiger partial charge in [-0.15, -0.1) is 0 Å². The van der Waals surface area contributed by atoms with Gasteiger partial charge in [0.05, 0.1) is 12.0 Å². The zero-order valence-corrected chi connectivity index (χ0v) is 16.5. The van der Waals surface area contributed by atoms with Gasteiger partial charge in [-0.1, -0.05) is 24.3 Å². The molecule has 162 valence electrons. The van der Waals surface area contributed by atoms with Gasteiger partial charge in [-0.25, -0.2) is 4.98 Å². The number of β-amino-alcohol motifs (C(OH)–C–C–N with tert-alkyl or cyclic N) is 1. The zero-order chi connectivity index (χ0) is 21.3. The maximum absolute atomic E-state index is 12.9. The van der Waals surface area contributed by atoms with Crippen LogP contribution in [0.2, 0.25) is 0 Å². The lowest BCUT2D eigenvalue weighted by Gasteiger charge is -2.30. The number of carbonyl (C=O) groups excluding carboxylic acids is 1. The summed E-state index contributed by atoms with van der Waals surface area (Å²) in [4.78, 5) is 18.7. The average molecular weight is 422 g/mol. The topological polar surface area (TPSA) is 70.4 Å². The van der Waals surface area contributed by atoms with Crippen LogP contribution in [-0.2, 0) is 25.9 Å². The fourth-order valence-corrected chi connectivity index (χ4v) is 4.19. The van der Waals surface area contributed by atoms with E-state index in [1.165, 1.54) is 21.9 Å². The van der Waals surface area contributed by atoms with Crippen LogP contribution in [0.15, 0.2) is 30.5 Å². The Bertz CT molecular complexity index is 912. The number of nitrogens with zero attached hydrogens (tertiary/aromatic N) is 3. The molecule has 6 nitrogen and oxygen atoms in total. The number of halogens is 3. The summed E-state index contributed by atoms with van der Waals surface area (Å²) in [6.45, 7) is 1.88. The Labute approximate surface area is 172 Å². The van der Waals surface area contributed by atoms with E-state index in [9.17, 15) is 23.1 Å². The highest BCUT2D eigenvalue weighted by Crippen LogP contribution is 2.34. The molecule has 1 amide bonds. The van der Waals surface area contributed by atoms with Gasteiger partial charge in [-0.05, 0) is 24.0 Å². The molecule has 0 saturated carbocycles. The predicted octanol–water partition coefficient (Wildman–Crippen LogP) is 2.16. The molecule has 2 aliphatic rings. The number of aromatic nitrogens is 2. The molecule has 0 saturated heterocycles. The Morgan fingerprint density at radius 1 is 1.27 bits per heavy atom. The molecule has 0 bridgehead atoms. The molecular weight excluding hydrogens is 397 g/mol. The minimum Gasteiger partial charge on any atom is -0.390 e. The third-order valence-corrected chi connectivity index (χ3v) is 5.87. The lowest BCUT2D eigenvalue weighted by Crippen LogP contribution is -2.42. The van der Waals surface area contributed by atoms with Gasteiger partial charge in [0.2, 0.25) is 0 Å². The van der Waals surface area contributed by atoms with Crippen molar-refractivity contribution >= 4 is 5.91 Å². The molecule has 0 fully saturated rings. The van der Waals surface area contributed by atoms with Crippen molar-refractivity contribution in [1.82, 2.24) is 19.8 Å². The van der Waals surface area contributed by atoms with Crippen molar-refractivity contribution in [3.05, 3.63) is 53.1 Å². The lowest BCUT2D eigenvalue weighted by atomic mass is 9.99. The Morgan fingerprint density at radius 2 is 2.03 bits per heavy atom. The van der Waals surface area contributed by atoms with Crippen LogP contribution in [0.4, 0.5) is 13.2 Å². The van der Waals surface area contributed by atoms with Crippen molar-refractivity contribution in [2.45, 2.75) is 44.6 Å². The van der Waals surface area contributed by atoms with E-state index < -0.39 is 24.1 Å². The summed E-state index contributed by atoms with van der Waals surface area (Å²) in [6.07, 6.45) is -2.52. The molecule has 0 radical (unpaired) electrons. The molecule has 4 rings (SSSR count). The van der Waals surface area contributed by atoms with Gasteiger partial charge in [0.15, 0.2) is 0 Å². The monoisotopic (exact) mass is 422 g/mol. The summed E-state index contributed by atoms with van der Waals surface area (Å²) < 4.78 is 40.2. The number of nitrogens with one attached hydrogen (secondary N) is 1. The minimum atomic E-state index is -4.25. The van der Waals surface area contributed by atoms with E-state index in [-0.39, 0.29) is 31.6 Å². The molecule has 2 aromatic rings. The Kier molecular flexibility index (Phi) is 5.84. The molecule has 1 aromatic carbocycles. The van der Waals surface area contributed by atoms with Crippen LogP contribution in [0.1, 0.15) is 33.9 Å². The first-order valence-electron chi connectivity index (χ1n) is 10.2. The van der Waals surface area contributed by atoms with E-state index in [4.69, 9.17) is 0 Å². The fraction of sp³-hybridized carbons (Fsp3) is 0.524. The number of aryl methyl sites for hydroxylation is 1. The van der Waals surface area contributed by atoms with Crippen molar-refractivity contribution in [3.63, 3.8) is 0 Å². The summed E-state index contributed by atoms with van der Waals surface area (Å²) in [5.41, 5.74) is 2.67. The quantitative estimate of drug-likeness (QED) is 0.775. The van der Waals surface area contributed by atoms with E-state index in [1.54, 1.807) is 0 Å². The van der Waals surface area contributed by atoms with E-state index in [0.29, 0.717) is 12.4 Å². The summed E-state index contributed by atoms with van der Waals surface area (Å²) in [5, 5.41) is 13.0. The Hall–Kier alpha value is -2.39. The maximum atomic E-state index is 12.9. The van der Waals surface area contributed by atoms with Gasteiger partial charge in [-0.3, -0.25) is 9.69 Å². The Morgan fingerprint density at radius 3 is 2.80 bits per heavy atom. The fourth-order valence-electron chi connectivity index (χ4n) is 4.19. The number of hydrogen-bond acceptors (Lipinski definition) is 4. The molecule has 0 spiro atoms. The van der Waals surface area contributed by atoms with Crippen molar-refractivity contribution < 1.29 is 23.1 Å². The van der Waals surface area contributed by atoms with Crippen LogP contribution in [0.3, 0.4) is 0 Å². The Balaban J connectivity index is 1.28. The van der Waals surface area contributed by atoms with Gasteiger partial charge < -0.3 is 15.0 Å². The van der Waals surface area contributed by atoms with Crippen molar-refractivity contribution in [2.75, 3.05) is 19.6 Å². The molecule has 2 aliphatic heterocycles. The van der Waals surface area contributed by atoms with E-state index in [1.807, 2.05) is 12.1 Å². The zero-order valence-electron chi connectivity index (χ0n) is 16.5.